The molecule has 5 rings (SSSR count). The molecule has 160 valence electrons. The van der Waals surface area contributed by atoms with Gasteiger partial charge in [-0.15, -0.1) is 12.4 Å². The summed E-state index contributed by atoms with van der Waals surface area (Å²) in [5.41, 5.74) is 6.62. The van der Waals surface area contributed by atoms with Gasteiger partial charge in [-0.1, -0.05) is 18.6 Å². The van der Waals surface area contributed by atoms with Crippen LogP contribution < -0.4 is 5.73 Å². The largest absolute Gasteiger partial charge is 0.373 e. The highest BCUT2D eigenvalue weighted by Crippen LogP contribution is 2.65. The van der Waals surface area contributed by atoms with Crippen molar-refractivity contribution < 1.29 is 18.3 Å². The first-order valence-electron chi connectivity index (χ1n) is 10.4. The van der Waals surface area contributed by atoms with Crippen molar-refractivity contribution in [3.05, 3.63) is 35.4 Å². The van der Waals surface area contributed by atoms with Crippen LogP contribution >= 0.6 is 12.4 Å². The molecular formula is C22H29ClF2N2O2. The number of likely N-dealkylation sites (tertiary alicyclic amines) is 1. The number of primary amides is 1. The molecule has 1 aliphatic heterocycles. The maximum absolute atomic E-state index is 13.6. The Morgan fingerprint density at radius 2 is 1.79 bits per heavy atom. The van der Waals surface area contributed by atoms with E-state index in [0.717, 1.165) is 37.9 Å². The summed E-state index contributed by atoms with van der Waals surface area (Å²) in [7, 11) is 1.77. The fourth-order valence-electron chi connectivity index (χ4n) is 6.69. The number of rotatable bonds is 4. The molecule has 4 aliphatic rings. The fourth-order valence-corrected chi connectivity index (χ4v) is 6.69. The minimum atomic E-state index is -2.41. The molecule has 5 atom stereocenters. The number of halogens is 3. The van der Waals surface area contributed by atoms with Crippen molar-refractivity contribution >= 4 is 18.3 Å². The van der Waals surface area contributed by atoms with E-state index in [-0.39, 0.29) is 18.4 Å². The van der Waals surface area contributed by atoms with Crippen molar-refractivity contribution in [2.24, 2.45) is 29.4 Å². The number of carbonyl (C=O) groups is 1. The lowest BCUT2D eigenvalue weighted by Gasteiger charge is -2.56. The number of nitrogens with zero attached hydrogens (tertiary/aromatic N) is 1. The monoisotopic (exact) mass is 426 g/mol. The van der Waals surface area contributed by atoms with Crippen molar-refractivity contribution in [3.63, 3.8) is 0 Å². The van der Waals surface area contributed by atoms with Gasteiger partial charge < -0.3 is 10.5 Å². The Hall–Kier alpha value is -1.24. The second-order valence-electron chi connectivity index (χ2n) is 9.23. The van der Waals surface area contributed by atoms with Crippen LogP contribution in [0.2, 0.25) is 0 Å². The van der Waals surface area contributed by atoms with Gasteiger partial charge in [0.15, 0.2) is 0 Å². The van der Waals surface area contributed by atoms with E-state index in [1.807, 2.05) is 18.2 Å². The van der Waals surface area contributed by atoms with Crippen LogP contribution in [0.3, 0.4) is 0 Å². The molecule has 0 spiro atoms. The molecule has 1 amide bonds. The maximum atomic E-state index is 13.6. The number of alkyl halides is 2. The molecule has 1 aromatic rings. The van der Waals surface area contributed by atoms with Crippen LogP contribution in [-0.4, -0.2) is 43.0 Å². The van der Waals surface area contributed by atoms with Crippen molar-refractivity contribution in [3.8, 4) is 0 Å². The SMILES string of the molecule is COC1(c2cccc(C(N)=O)c2)C2CCCC1CN(C1CC3[C@H](C1)C3(F)F)C2.Cl. The Balaban J connectivity index is 0.00000205. The summed E-state index contributed by atoms with van der Waals surface area (Å²) in [6.07, 6.45) is 4.54. The molecule has 1 aromatic carbocycles. The third kappa shape index (κ3) is 3.02. The summed E-state index contributed by atoms with van der Waals surface area (Å²) in [5, 5.41) is 0. The molecule has 1 heterocycles. The van der Waals surface area contributed by atoms with Crippen LogP contribution in [0.5, 0.6) is 0 Å². The van der Waals surface area contributed by atoms with Crippen LogP contribution in [0, 0.1) is 23.7 Å². The number of hydrogen-bond donors (Lipinski definition) is 1. The molecule has 4 fully saturated rings. The molecular weight excluding hydrogens is 398 g/mol. The highest BCUT2D eigenvalue weighted by atomic mass is 35.5. The summed E-state index contributed by atoms with van der Waals surface area (Å²) < 4.78 is 33.5. The van der Waals surface area contributed by atoms with Gasteiger partial charge in [0, 0.05) is 55.5 Å². The van der Waals surface area contributed by atoms with Gasteiger partial charge in [0.05, 0.1) is 0 Å². The van der Waals surface area contributed by atoms with Gasteiger partial charge in [-0.2, -0.15) is 0 Å². The van der Waals surface area contributed by atoms with Crippen LogP contribution in [-0.2, 0) is 10.3 Å². The van der Waals surface area contributed by atoms with E-state index in [0.29, 0.717) is 30.2 Å². The third-order valence-corrected chi connectivity index (χ3v) is 8.10. The number of carbonyl (C=O) groups excluding carboxylic acids is 1. The minimum Gasteiger partial charge on any atom is -0.373 e. The standard InChI is InChI=1S/C22H28F2N2O2.ClH/c1-28-21(14-5-2-4-13(8-14)20(25)27)15-6-3-7-16(21)12-26(11-15)17-9-18-19(10-17)22(18,23)24;/h2,4-5,8,15-19H,3,6-7,9-12H2,1H3,(H2,25,27);1H/t15?,16?,17?,18-,19?,21?;/m0./s1. The van der Waals surface area contributed by atoms with E-state index >= 15 is 0 Å². The number of hydrogen-bond acceptors (Lipinski definition) is 3. The van der Waals surface area contributed by atoms with E-state index in [9.17, 15) is 13.6 Å². The van der Waals surface area contributed by atoms with Crippen LogP contribution in [0.25, 0.3) is 0 Å². The molecule has 3 aliphatic carbocycles. The van der Waals surface area contributed by atoms with Crippen molar-refractivity contribution in [2.75, 3.05) is 20.2 Å². The Morgan fingerprint density at radius 3 is 2.34 bits per heavy atom. The first-order valence-corrected chi connectivity index (χ1v) is 10.4. The molecule has 0 aromatic heterocycles. The van der Waals surface area contributed by atoms with Gasteiger partial charge in [0.1, 0.15) is 5.60 Å². The van der Waals surface area contributed by atoms with E-state index < -0.39 is 29.3 Å². The van der Waals surface area contributed by atoms with Gasteiger partial charge >= 0.3 is 0 Å². The van der Waals surface area contributed by atoms with Crippen LogP contribution in [0.1, 0.15) is 48.0 Å². The van der Waals surface area contributed by atoms with Gasteiger partial charge in [0.2, 0.25) is 5.91 Å². The van der Waals surface area contributed by atoms with Crippen LogP contribution in [0.15, 0.2) is 24.3 Å². The normalized spacial score (nSPS) is 40.0. The first kappa shape index (κ1) is 21.0. The zero-order valence-electron chi connectivity index (χ0n) is 16.7. The smallest absolute Gasteiger partial charge is 0.254 e. The van der Waals surface area contributed by atoms with E-state index in [4.69, 9.17) is 10.5 Å². The molecule has 2 N–H and O–H groups in total. The number of fused-ring (bicyclic) bond motifs is 3. The molecule has 1 saturated heterocycles. The van der Waals surface area contributed by atoms with Crippen LogP contribution in [0.4, 0.5) is 8.78 Å². The number of ether oxygens (including phenoxy) is 1. The predicted octanol–water partition coefficient (Wildman–Crippen LogP) is 3.82. The Labute approximate surface area is 176 Å². The molecule has 4 nitrogen and oxygen atoms in total. The summed E-state index contributed by atoms with van der Waals surface area (Å²) in [5.74, 6) is -3.02. The zero-order chi connectivity index (χ0) is 19.7. The topological polar surface area (TPSA) is 55.6 Å². The van der Waals surface area contributed by atoms with Gasteiger partial charge in [-0.25, -0.2) is 8.78 Å². The predicted molar refractivity (Wildman–Crippen MR) is 108 cm³/mol. The summed E-state index contributed by atoms with van der Waals surface area (Å²) in [6.45, 7) is 1.75. The summed E-state index contributed by atoms with van der Waals surface area (Å²) >= 11 is 0. The van der Waals surface area contributed by atoms with Crippen molar-refractivity contribution in [1.82, 2.24) is 4.90 Å². The lowest BCUT2D eigenvalue weighted by molar-refractivity contribution is -0.175. The fraction of sp³-hybridized carbons (Fsp3) is 0.682. The lowest BCUT2D eigenvalue weighted by atomic mass is 9.62. The average Bonchev–Trinajstić information content (AvgIpc) is 3.01. The van der Waals surface area contributed by atoms with Gasteiger partial charge in [-0.05, 0) is 43.4 Å². The van der Waals surface area contributed by atoms with E-state index in [1.165, 1.54) is 0 Å². The summed E-state index contributed by atoms with van der Waals surface area (Å²) in [4.78, 5) is 14.2. The maximum Gasteiger partial charge on any atom is 0.254 e. The van der Waals surface area contributed by atoms with Crippen molar-refractivity contribution in [1.29, 1.82) is 0 Å². The second kappa shape index (κ2) is 7.17. The molecule has 2 bridgehead atoms. The minimum absolute atomic E-state index is 0. The van der Waals surface area contributed by atoms with E-state index in [1.54, 1.807) is 13.2 Å². The van der Waals surface area contributed by atoms with Crippen molar-refractivity contribution in [2.45, 2.75) is 49.7 Å². The highest BCUT2D eigenvalue weighted by molar-refractivity contribution is 5.92. The zero-order valence-corrected chi connectivity index (χ0v) is 17.5. The number of benzene rings is 1. The molecule has 4 unspecified atom stereocenters. The Morgan fingerprint density at radius 1 is 1.17 bits per heavy atom. The molecule has 3 saturated carbocycles. The second-order valence-corrected chi connectivity index (χ2v) is 9.23. The Kier molecular flexibility index (Phi) is 5.20. The van der Waals surface area contributed by atoms with Gasteiger partial charge in [0.25, 0.3) is 5.92 Å². The molecule has 29 heavy (non-hydrogen) atoms. The van der Waals surface area contributed by atoms with Gasteiger partial charge in [-0.3, -0.25) is 9.69 Å². The Bertz CT molecular complexity index is 777. The number of nitrogens with two attached hydrogens (primary N) is 1. The quantitative estimate of drug-likeness (QED) is 0.796. The summed E-state index contributed by atoms with van der Waals surface area (Å²) in [6, 6.07) is 7.83. The number of amides is 1. The first-order chi connectivity index (χ1) is 13.4. The lowest BCUT2D eigenvalue weighted by Crippen LogP contribution is -2.60. The number of methoxy groups -OCH3 is 1. The third-order valence-electron chi connectivity index (χ3n) is 8.10. The van der Waals surface area contributed by atoms with E-state index in [2.05, 4.69) is 4.90 Å². The molecule has 0 radical (unpaired) electrons. The average molecular weight is 427 g/mol. The highest BCUT2D eigenvalue weighted by Gasteiger charge is 2.72. The molecule has 7 heteroatoms. The number of piperidine rings is 1.